The van der Waals surface area contributed by atoms with Gasteiger partial charge in [-0.2, -0.15) is 0 Å². The molecule has 2 heteroatoms. The SMILES string of the molecule is CCCC(=O)Nc1c(C(C)C)cccc1C(C)C. The Morgan fingerprint density at radius 2 is 1.61 bits per heavy atom. The lowest BCUT2D eigenvalue weighted by molar-refractivity contribution is -0.116. The van der Waals surface area contributed by atoms with E-state index >= 15 is 0 Å². The Bertz CT molecular complexity index is 381. The lowest BCUT2D eigenvalue weighted by Crippen LogP contribution is -2.15. The zero-order valence-corrected chi connectivity index (χ0v) is 12.2. The summed E-state index contributed by atoms with van der Waals surface area (Å²) < 4.78 is 0. The van der Waals surface area contributed by atoms with E-state index in [0.717, 1.165) is 12.1 Å². The fraction of sp³-hybridized carbons (Fsp3) is 0.562. The molecule has 1 N–H and O–H groups in total. The maximum atomic E-state index is 11.9. The minimum atomic E-state index is 0.118. The van der Waals surface area contributed by atoms with E-state index in [0.29, 0.717) is 18.3 Å². The molecule has 1 rings (SSSR count). The molecule has 0 bridgehead atoms. The van der Waals surface area contributed by atoms with Crippen LogP contribution in [0.5, 0.6) is 0 Å². The normalized spacial score (nSPS) is 11.1. The Labute approximate surface area is 111 Å². The molecule has 0 atom stereocenters. The Morgan fingerprint density at radius 3 is 2.00 bits per heavy atom. The lowest BCUT2D eigenvalue weighted by Gasteiger charge is -2.20. The summed E-state index contributed by atoms with van der Waals surface area (Å²) in [5.41, 5.74) is 3.48. The summed E-state index contributed by atoms with van der Waals surface area (Å²) >= 11 is 0. The van der Waals surface area contributed by atoms with Crippen LogP contribution in [0, 0.1) is 0 Å². The van der Waals surface area contributed by atoms with Gasteiger partial charge in [0.05, 0.1) is 0 Å². The van der Waals surface area contributed by atoms with Gasteiger partial charge in [0.1, 0.15) is 0 Å². The number of para-hydroxylation sites is 1. The third-order valence-electron chi connectivity index (χ3n) is 3.11. The van der Waals surface area contributed by atoms with Crippen molar-refractivity contribution in [3.63, 3.8) is 0 Å². The standard InChI is InChI=1S/C16H25NO/c1-6-8-15(18)17-16-13(11(2)3)9-7-10-14(16)12(4)5/h7,9-12H,6,8H2,1-5H3,(H,17,18). The van der Waals surface area contributed by atoms with Gasteiger partial charge < -0.3 is 5.32 Å². The number of hydrogen-bond donors (Lipinski definition) is 1. The second kappa shape index (κ2) is 6.58. The number of anilines is 1. The molecular weight excluding hydrogens is 222 g/mol. The quantitative estimate of drug-likeness (QED) is 0.804. The Balaban J connectivity index is 3.14. The van der Waals surface area contributed by atoms with Crippen molar-refractivity contribution >= 4 is 11.6 Å². The third kappa shape index (κ3) is 3.59. The van der Waals surface area contributed by atoms with Gasteiger partial charge in [0.2, 0.25) is 5.91 Å². The second-order valence-corrected chi connectivity index (χ2v) is 5.42. The fourth-order valence-electron chi connectivity index (χ4n) is 2.12. The summed E-state index contributed by atoms with van der Waals surface area (Å²) in [4.78, 5) is 11.9. The fourth-order valence-corrected chi connectivity index (χ4v) is 2.12. The molecule has 1 amide bonds. The first-order valence-corrected chi connectivity index (χ1v) is 6.90. The highest BCUT2D eigenvalue weighted by atomic mass is 16.1. The van der Waals surface area contributed by atoms with Crippen molar-refractivity contribution in [2.45, 2.75) is 59.3 Å². The number of hydrogen-bond acceptors (Lipinski definition) is 1. The molecular formula is C16H25NO. The molecule has 0 aliphatic carbocycles. The summed E-state index contributed by atoms with van der Waals surface area (Å²) in [5.74, 6) is 0.953. The van der Waals surface area contributed by atoms with Crippen molar-refractivity contribution in [2.24, 2.45) is 0 Å². The summed E-state index contributed by atoms with van der Waals surface area (Å²) in [5, 5.41) is 3.10. The third-order valence-corrected chi connectivity index (χ3v) is 3.11. The van der Waals surface area contributed by atoms with Gasteiger partial charge in [0, 0.05) is 12.1 Å². The zero-order valence-electron chi connectivity index (χ0n) is 12.2. The first-order valence-electron chi connectivity index (χ1n) is 6.90. The average molecular weight is 247 g/mol. The van der Waals surface area contributed by atoms with Crippen LogP contribution >= 0.6 is 0 Å². The minimum absolute atomic E-state index is 0.118. The summed E-state index contributed by atoms with van der Waals surface area (Å²) in [6.45, 7) is 10.7. The predicted molar refractivity (Wildman–Crippen MR) is 78.2 cm³/mol. The largest absolute Gasteiger partial charge is 0.326 e. The topological polar surface area (TPSA) is 29.1 Å². The molecule has 1 aromatic carbocycles. The number of carbonyl (C=O) groups is 1. The number of rotatable bonds is 5. The van der Waals surface area contributed by atoms with Crippen LogP contribution < -0.4 is 5.32 Å². The van der Waals surface area contributed by atoms with Gasteiger partial charge in [-0.15, -0.1) is 0 Å². The first kappa shape index (κ1) is 14.7. The van der Waals surface area contributed by atoms with Gasteiger partial charge in [-0.25, -0.2) is 0 Å². The van der Waals surface area contributed by atoms with Crippen LogP contribution in [0.15, 0.2) is 18.2 Å². The van der Waals surface area contributed by atoms with Crippen LogP contribution in [-0.2, 0) is 4.79 Å². The molecule has 0 fully saturated rings. The lowest BCUT2D eigenvalue weighted by atomic mass is 9.92. The molecule has 0 saturated heterocycles. The number of nitrogens with one attached hydrogen (secondary N) is 1. The van der Waals surface area contributed by atoms with E-state index in [4.69, 9.17) is 0 Å². The van der Waals surface area contributed by atoms with Gasteiger partial charge in [0.25, 0.3) is 0 Å². The molecule has 0 unspecified atom stereocenters. The highest BCUT2D eigenvalue weighted by molar-refractivity contribution is 5.92. The van der Waals surface area contributed by atoms with E-state index in [1.807, 2.05) is 6.92 Å². The smallest absolute Gasteiger partial charge is 0.224 e. The molecule has 100 valence electrons. The Morgan fingerprint density at radius 1 is 1.11 bits per heavy atom. The molecule has 0 heterocycles. The highest BCUT2D eigenvalue weighted by Crippen LogP contribution is 2.32. The molecule has 0 aliphatic heterocycles. The van der Waals surface area contributed by atoms with E-state index < -0.39 is 0 Å². The molecule has 0 aromatic heterocycles. The maximum Gasteiger partial charge on any atom is 0.224 e. The zero-order chi connectivity index (χ0) is 13.7. The van der Waals surface area contributed by atoms with Gasteiger partial charge in [0.15, 0.2) is 0 Å². The van der Waals surface area contributed by atoms with Crippen molar-refractivity contribution < 1.29 is 4.79 Å². The van der Waals surface area contributed by atoms with Crippen LogP contribution in [0.25, 0.3) is 0 Å². The Kier molecular flexibility index (Phi) is 5.39. The monoisotopic (exact) mass is 247 g/mol. The molecule has 18 heavy (non-hydrogen) atoms. The minimum Gasteiger partial charge on any atom is -0.326 e. The van der Waals surface area contributed by atoms with Crippen LogP contribution in [0.4, 0.5) is 5.69 Å². The molecule has 2 nitrogen and oxygen atoms in total. The van der Waals surface area contributed by atoms with Gasteiger partial charge >= 0.3 is 0 Å². The van der Waals surface area contributed by atoms with Crippen LogP contribution in [-0.4, -0.2) is 5.91 Å². The average Bonchev–Trinajstić information content (AvgIpc) is 2.28. The van der Waals surface area contributed by atoms with Crippen molar-refractivity contribution in [3.8, 4) is 0 Å². The van der Waals surface area contributed by atoms with E-state index in [2.05, 4.69) is 51.2 Å². The summed E-state index contributed by atoms with van der Waals surface area (Å²) in [6, 6.07) is 6.30. The van der Waals surface area contributed by atoms with Gasteiger partial charge in [-0.05, 0) is 29.4 Å². The molecule has 1 aromatic rings. The number of benzene rings is 1. The van der Waals surface area contributed by atoms with Crippen molar-refractivity contribution in [3.05, 3.63) is 29.3 Å². The van der Waals surface area contributed by atoms with Gasteiger partial charge in [-0.3, -0.25) is 4.79 Å². The van der Waals surface area contributed by atoms with Crippen molar-refractivity contribution in [1.82, 2.24) is 0 Å². The van der Waals surface area contributed by atoms with E-state index in [1.165, 1.54) is 11.1 Å². The summed E-state index contributed by atoms with van der Waals surface area (Å²) in [7, 11) is 0. The molecule has 0 radical (unpaired) electrons. The van der Waals surface area contributed by atoms with Crippen LogP contribution in [0.2, 0.25) is 0 Å². The van der Waals surface area contributed by atoms with Crippen molar-refractivity contribution in [2.75, 3.05) is 5.32 Å². The van der Waals surface area contributed by atoms with E-state index in [-0.39, 0.29) is 5.91 Å². The van der Waals surface area contributed by atoms with E-state index in [9.17, 15) is 4.79 Å². The van der Waals surface area contributed by atoms with E-state index in [1.54, 1.807) is 0 Å². The number of amides is 1. The van der Waals surface area contributed by atoms with Gasteiger partial charge in [-0.1, -0.05) is 52.8 Å². The molecule has 0 saturated carbocycles. The van der Waals surface area contributed by atoms with Crippen molar-refractivity contribution in [1.29, 1.82) is 0 Å². The molecule has 0 spiro atoms. The second-order valence-electron chi connectivity index (χ2n) is 5.42. The number of carbonyl (C=O) groups excluding carboxylic acids is 1. The maximum absolute atomic E-state index is 11.9. The highest BCUT2D eigenvalue weighted by Gasteiger charge is 2.15. The first-order chi connectivity index (χ1) is 8.47. The summed E-state index contributed by atoms with van der Waals surface area (Å²) in [6.07, 6.45) is 1.47. The predicted octanol–water partition coefficient (Wildman–Crippen LogP) is 4.67. The molecule has 0 aliphatic rings. The Hall–Kier alpha value is -1.31. The van der Waals surface area contributed by atoms with Crippen LogP contribution in [0.3, 0.4) is 0 Å². The van der Waals surface area contributed by atoms with Crippen LogP contribution in [0.1, 0.15) is 70.4 Å².